The first-order valence-electron chi connectivity index (χ1n) is 10.9. The van der Waals surface area contributed by atoms with Gasteiger partial charge in [-0.2, -0.15) is 0 Å². The first-order valence-corrected chi connectivity index (χ1v) is 10.9. The molecule has 152 valence electrons. The van der Waals surface area contributed by atoms with Gasteiger partial charge in [-0.1, -0.05) is 32.4 Å². The van der Waals surface area contributed by atoms with Crippen molar-refractivity contribution < 1.29 is 9.52 Å². The van der Waals surface area contributed by atoms with Gasteiger partial charge in [-0.05, 0) is 56.3 Å². The molecule has 1 N–H and O–H groups in total. The lowest BCUT2D eigenvalue weighted by Gasteiger charge is -2.40. The molecule has 0 unspecified atom stereocenters. The molecule has 2 aliphatic rings. The fourth-order valence-corrected chi connectivity index (χ4v) is 4.78. The molecular weight excluding hydrogens is 338 g/mol. The normalized spacial score (nSPS) is 27.9. The van der Waals surface area contributed by atoms with Crippen molar-refractivity contribution in [2.24, 2.45) is 23.7 Å². The van der Waals surface area contributed by atoms with Crippen LogP contribution in [0.2, 0.25) is 0 Å². The zero-order chi connectivity index (χ0) is 19.4. The van der Waals surface area contributed by atoms with E-state index >= 15 is 0 Å². The summed E-state index contributed by atoms with van der Waals surface area (Å²) in [6.07, 6.45) is 8.23. The molecule has 1 aliphatic heterocycles. The predicted octanol–water partition coefficient (Wildman–Crippen LogP) is 3.88. The van der Waals surface area contributed by atoms with Crippen molar-refractivity contribution >= 4 is 0 Å². The van der Waals surface area contributed by atoms with Gasteiger partial charge in [-0.3, -0.25) is 0 Å². The van der Waals surface area contributed by atoms with Crippen LogP contribution in [0.1, 0.15) is 65.2 Å². The van der Waals surface area contributed by atoms with Gasteiger partial charge < -0.3 is 14.4 Å². The zero-order valence-corrected chi connectivity index (χ0v) is 17.5. The number of nitrogens with zero attached hydrogens (tertiary/aromatic N) is 3. The van der Waals surface area contributed by atoms with Crippen molar-refractivity contribution in [1.29, 1.82) is 0 Å². The summed E-state index contributed by atoms with van der Waals surface area (Å²) in [5.41, 5.74) is 1.48. The fourth-order valence-electron chi connectivity index (χ4n) is 4.78. The van der Waals surface area contributed by atoms with Crippen LogP contribution < -0.4 is 0 Å². The van der Waals surface area contributed by atoms with Crippen LogP contribution in [-0.4, -0.2) is 45.9 Å². The molecule has 0 radical (unpaired) electrons. The highest BCUT2D eigenvalue weighted by Gasteiger charge is 2.34. The van der Waals surface area contributed by atoms with Gasteiger partial charge in [-0.25, -0.2) is 0 Å². The molecule has 0 saturated carbocycles. The summed E-state index contributed by atoms with van der Waals surface area (Å²) in [6, 6.07) is 0. The Labute approximate surface area is 164 Å². The maximum absolute atomic E-state index is 9.77. The summed E-state index contributed by atoms with van der Waals surface area (Å²) in [6.45, 7) is 12.3. The number of aliphatic hydroxyl groups is 1. The van der Waals surface area contributed by atoms with E-state index in [-0.39, 0.29) is 6.10 Å². The topological polar surface area (TPSA) is 62.4 Å². The van der Waals surface area contributed by atoms with Gasteiger partial charge in [0.25, 0.3) is 0 Å². The number of likely N-dealkylation sites (tertiary alicyclic amines) is 1. The monoisotopic (exact) mass is 375 g/mol. The molecule has 1 fully saturated rings. The molecule has 0 amide bonds. The quantitative estimate of drug-likeness (QED) is 0.733. The molecule has 5 heteroatoms. The van der Waals surface area contributed by atoms with Crippen LogP contribution in [0, 0.1) is 23.7 Å². The minimum Gasteiger partial charge on any atom is -0.425 e. The Bertz CT molecular complexity index is 617. The zero-order valence-electron chi connectivity index (χ0n) is 17.5. The average molecular weight is 376 g/mol. The number of rotatable bonds is 7. The van der Waals surface area contributed by atoms with Crippen molar-refractivity contribution in [3.63, 3.8) is 0 Å². The second-order valence-corrected chi connectivity index (χ2v) is 8.99. The summed E-state index contributed by atoms with van der Waals surface area (Å²) in [5.74, 6) is 4.03. The van der Waals surface area contributed by atoms with Crippen LogP contribution in [0.15, 0.2) is 16.1 Å². The van der Waals surface area contributed by atoms with E-state index in [2.05, 4.69) is 48.9 Å². The summed E-state index contributed by atoms with van der Waals surface area (Å²) in [4.78, 5) is 2.55. The molecule has 0 aromatic carbocycles. The van der Waals surface area contributed by atoms with Crippen LogP contribution >= 0.6 is 0 Å². The van der Waals surface area contributed by atoms with Crippen LogP contribution in [0.25, 0.3) is 0 Å². The van der Waals surface area contributed by atoms with E-state index in [4.69, 9.17) is 4.42 Å². The average Bonchev–Trinajstić information content (AvgIpc) is 3.06. The largest absolute Gasteiger partial charge is 0.425 e. The highest BCUT2D eigenvalue weighted by Crippen LogP contribution is 2.39. The number of piperidine rings is 1. The Balaban J connectivity index is 1.65. The lowest BCUT2D eigenvalue weighted by molar-refractivity contribution is 0.0670. The van der Waals surface area contributed by atoms with Gasteiger partial charge in [0.05, 0.1) is 6.10 Å². The number of aliphatic hydroxyl groups excluding tert-OH is 1. The summed E-state index contributed by atoms with van der Waals surface area (Å²) >= 11 is 0. The maximum atomic E-state index is 9.77. The smallest absolute Gasteiger partial charge is 0.217 e. The Morgan fingerprint density at radius 3 is 2.59 bits per heavy atom. The van der Waals surface area contributed by atoms with Crippen LogP contribution in [0.5, 0.6) is 0 Å². The summed E-state index contributed by atoms with van der Waals surface area (Å²) < 4.78 is 5.85. The van der Waals surface area contributed by atoms with E-state index in [1.54, 1.807) is 0 Å². The van der Waals surface area contributed by atoms with Crippen molar-refractivity contribution in [1.82, 2.24) is 15.1 Å². The summed E-state index contributed by atoms with van der Waals surface area (Å²) in [7, 11) is 0. The number of aromatic nitrogens is 2. The Hall–Kier alpha value is -1.20. The van der Waals surface area contributed by atoms with Gasteiger partial charge in [0.2, 0.25) is 11.8 Å². The van der Waals surface area contributed by atoms with Crippen molar-refractivity contribution in [2.45, 2.75) is 72.3 Å². The molecule has 27 heavy (non-hydrogen) atoms. The minimum absolute atomic E-state index is 0.0952. The van der Waals surface area contributed by atoms with E-state index in [0.717, 1.165) is 63.5 Å². The molecule has 5 nitrogen and oxygen atoms in total. The molecule has 3 rings (SSSR count). The molecule has 2 heterocycles. The standard InChI is InChI=1S/C22H37N3O2/c1-5-6-21-23-24-22(27-21)13-17-12-20(15(2)3)18(11-16(17)4)14-25-9-7-19(26)8-10-25/h11,15,17-20,26H,5-10,12-14H2,1-4H3/t17-,18-,20-/m0/s1. The fraction of sp³-hybridized carbons (Fsp3) is 0.818. The molecule has 1 aromatic heterocycles. The van der Waals surface area contributed by atoms with E-state index in [1.807, 2.05) is 0 Å². The summed E-state index contributed by atoms with van der Waals surface area (Å²) in [5, 5.41) is 18.2. The highest BCUT2D eigenvalue weighted by atomic mass is 16.4. The highest BCUT2D eigenvalue weighted by molar-refractivity contribution is 5.14. The maximum Gasteiger partial charge on any atom is 0.217 e. The van der Waals surface area contributed by atoms with Gasteiger partial charge in [0.15, 0.2) is 0 Å². The van der Waals surface area contributed by atoms with Crippen LogP contribution in [0.3, 0.4) is 0 Å². The molecule has 0 bridgehead atoms. The predicted molar refractivity (Wildman–Crippen MR) is 107 cm³/mol. The van der Waals surface area contributed by atoms with Crippen molar-refractivity contribution in [3.8, 4) is 0 Å². The Morgan fingerprint density at radius 1 is 1.22 bits per heavy atom. The number of aryl methyl sites for hydroxylation is 1. The van der Waals surface area contributed by atoms with Gasteiger partial charge >= 0.3 is 0 Å². The molecule has 1 aromatic rings. The van der Waals surface area contributed by atoms with E-state index in [1.165, 1.54) is 12.0 Å². The number of hydrogen-bond donors (Lipinski definition) is 1. The van der Waals surface area contributed by atoms with Crippen LogP contribution in [-0.2, 0) is 12.8 Å². The third-order valence-electron chi connectivity index (χ3n) is 6.50. The minimum atomic E-state index is -0.0952. The third-order valence-corrected chi connectivity index (χ3v) is 6.50. The second-order valence-electron chi connectivity index (χ2n) is 8.99. The SMILES string of the molecule is CCCc1nnc(C[C@@H]2C[C@@H](C(C)C)[C@H](CN3CCC(O)CC3)C=C2C)o1. The van der Waals surface area contributed by atoms with E-state index in [9.17, 15) is 5.11 Å². The second kappa shape index (κ2) is 9.33. The van der Waals surface area contributed by atoms with Crippen molar-refractivity contribution in [2.75, 3.05) is 19.6 Å². The lowest BCUT2D eigenvalue weighted by atomic mass is 9.69. The Kier molecular flexibility index (Phi) is 7.10. The van der Waals surface area contributed by atoms with Gasteiger partial charge in [-0.15, -0.1) is 10.2 Å². The molecular formula is C22H37N3O2. The van der Waals surface area contributed by atoms with Gasteiger partial charge in [0, 0.05) is 32.5 Å². The molecule has 3 atom stereocenters. The Morgan fingerprint density at radius 2 is 1.93 bits per heavy atom. The third kappa shape index (κ3) is 5.41. The first kappa shape index (κ1) is 20.5. The first-order chi connectivity index (χ1) is 13.0. The van der Waals surface area contributed by atoms with Crippen LogP contribution in [0.4, 0.5) is 0 Å². The molecule has 0 spiro atoms. The lowest BCUT2D eigenvalue weighted by Crippen LogP contribution is -2.42. The van der Waals surface area contributed by atoms with Gasteiger partial charge in [0.1, 0.15) is 0 Å². The number of allylic oxidation sites excluding steroid dienone is 1. The molecule has 1 aliphatic carbocycles. The van der Waals surface area contributed by atoms with Crippen molar-refractivity contribution in [3.05, 3.63) is 23.4 Å². The number of hydrogen-bond acceptors (Lipinski definition) is 5. The van der Waals surface area contributed by atoms with E-state index < -0.39 is 0 Å². The molecule has 1 saturated heterocycles. The van der Waals surface area contributed by atoms with E-state index in [0.29, 0.717) is 23.7 Å².